The number of hydrogen-bond donors (Lipinski definition) is 4. The zero-order valence-corrected chi connectivity index (χ0v) is 39.1. The van der Waals surface area contributed by atoms with Crippen LogP contribution in [0.15, 0.2) is 35.3 Å². The number of nitrogens with zero attached hydrogens (tertiary/aromatic N) is 6. The van der Waals surface area contributed by atoms with Gasteiger partial charge in [-0.3, -0.25) is 23.7 Å². The largest absolute Gasteiger partial charge is 0.379 e. The number of aliphatic imine (C=N–C) groups is 1. The average Bonchev–Trinajstić information content (AvgIpc) is 3.72. The van der Waals surface area contributed by atoms with Gasteiger partial charge in [0.05, 0.1) is 36.6 Å². The normalized spacial score (nSPS) is 19.8. The van der Waals surface area contributed by atoms with Gasteiger partial charge in [0, 0.05) is 80.9 Å². The van der Waals surface area contributed by atoms with E-state index >= 15 is 0 Å². The third-order valence-electron chi connectivity index (χ3n) is 12.3. The molecule has 0 aliphatic carbocycles. The van der Waals surface area contributed by atoms with Crippen LogP contribution in [-0.4, -0.2) is 175 Å². The fourth-order valence-corrected chi connectivity index (χ4v) is 9.31. The molecule has 2 fully saturated rings. The van der Waals surface area contributed by atoms with Crippen molar-refractivity contribution in [3.05, 3.63) is 35.9 Å². The van der Waals surface area contributed by atoms with Crippen molar-refractivity contribution >= 4 is 37.2 Å². The molecule has 0 bridgehead atoms. The molecule has 1 aromatic carbocycles. The van der Waals surface area contributed by atoms with E-state index in [1.165, 1.54) is 7.11 Å². The highest BCUT2D eigenvalue weighted by Crippen LogP contribution is 2.41. The van der Waals surface area contributed by atoms with Crippen LogP contribution in [0.25, 0.3) is 0 Å². The molecule has 17 nitrogen and oxygen atoms in total. The Labute approximate surface area is 363 Å². The molecule has 0 unspecified atom stereocenters. The number of carbonyl (C=O) groups is 4. The Hall–Kier alpha value is -3.60. The van der Waals surface area contributed by atoms with Crippen LogP contribution < -0.4 is 11.1 Å². The fraction of sp³-hybridized carbons (Fsp3) is 0.744. The zero-order valence-electron chi connectivity index (χ0n) is 38.2. The van der Waals surface area contributed by atoms with Crippen LogP contribution in [0.4, 0.5) is 0 Å². The predicted octanol–water partition coefficient (Wildman–Crippen LogP) is 2.59. The number of likely N-dealkylation sites (N-methyl/N-ethyl adjacent to an activating group) is 1. The van der Waals surface area contributed by atoms with Crippen LogP contribution in [-0.2, 0) is 39.6 Å². The summed E-state index contributed by atoms with van der Waals surface area (Å²) in [6.45, 7) is 12.8. The Bertz CT molecular complexity index is 1640. The van der Waals surface area contributed by atoms with Crippen LogP contribution in [0.1, 0.15) is 78.7 Å². The topological polar surface area (TPSA) is 211 Å². The Morgan fingerprint density at radius 1 is 0.951 bits per heavy atom. The van der Waals surface area contributed by atoms with Crippen molar-refractivity contribution in [3.8, 4) is 0 Å². The maximum absolute atomic E-state index is 14.6. The van der Waals surface area contributed by atoms with E-state index in [1.807, 2.05) is 51.6 Å². The number of rotatable bonds is 21. The van der Waals surface area contributed by atoms with E-state index < -0.39 is 55.5 Å². The molecular weight excluding hydrogens is 803 g/mol. The molecule has 5 N–H and O–H groups in total. The monoisotopic (exact) mass is 879 g/mol. The molecular formula is C43H75N8O9P. The Morgan fingerprint density at radius 2 is 1.57 bits per heavy atom. The van der Waals surface area contributed by atoms with Crippen molar-refractivity contribution in [2.75, 3.05) is 74.6 Å². The fourth-order valence-electron chi connectivity index (χ4n) is 8.56. The summed E-state index contributed by atoms with van der Waals surface area (Å²) in [5.74, 6) is -2.71. The Morgan fingerprint density at radius 3 is 2.10 bits per heavy atom. The number of piperazine rings is 1. The number of hydrogen-bond acceptors (Lipinski definition) is 9. The first-order chi connectivity index (χ1) is 28.8. The van der Waals surface area contributed by atoms with Crippen molar-refractivity contribution in [2.45, 2.75) is 116 Å². The molecule has 3 rings (SSSR count). The van der Waals surface area contributed by atoms with E-state index in [0.29, 0.717) is 82.9 Å². The van der Waals surface area contributed by atoms with Gasteiger partial charge in [0.2, 0.25) is 23.6 Å². The maximum Gasteiger partial charge on any atom is 0.347 e. The molecule has 8 atom stereocenters. The lowest BCUT2D eigenvalue weighted by molar-refractivity contribution is -0.146. The first-order valence-corrected chi connectivity index (χ1v) is 23.5. The standard InChI is InChI=1S/C43H75N8O9P/c1-11-30(4)39(48(8)42(55)38(29(2)3)46-43(47(6)7)50-25-23-49(24-26-50)36(52)20-15-21-44)34(59-9)28-37(53)51-22-16-19-33(51)40(60-10)31(5)41(54)45-35(61(56,57)58)27-32-17-13-12-14-18-32/h12-14,17-18,29-31,33-35,38-40H,11,15-16,19-28,44H2,1-10H3,(H,45,54)(H2,56,57,58)/b46-43-/t30-,31+,33-,34+,35+,38-,39-,40+/m0/s1. The molecule has 61 heavy (non-hydrogen) atoms. The molecule has 4 amide bonds. The number of nitrogens with one attached hydrogen (secondary N) is 1. The van der Waals surface area contributed by atoms with Crippen molar-refractivity contribution in [2.24, 2.45) is 28.5 Å². The Balaban J connectivity index is 1.80. The summed E-state index contributed by atoms with van der Waals surface area (Å²) in [6.07, 6.45) is 1.53. The van der Waals surface area contributed by atoms with Crippen molar-refractivity contribution in [1.82, 2.24) is 29.8 Å². The van der Waals surface area contributed by atoms with Crippen LogP contribution in [0, 0.1) is 17.8 Å². The van der Waals surface area contributed by atoms with Gasteiger partial charge in [0.1, 0.15) is 11.8 Å². The van der Waals surface area contributed by atoms with Crippen LogP contribution in [0.3, 0.4) is 0 Å². The molecule has 2 aliphatic heterocycles. The summed E-state index contributed by atoms with van der Waals surface area (Å²) < 4.78 is 24.4. The molecule has 2 saturated heterocycles. The minimum Gasteiger partial charge on any atom is -0.379 e. The van der Waals surface area contributed by atoms with Gasteiger partial charge >= 0.3 is 7.60 Å². The second-order valence-electron chi connectivity index (χ2n) is 17.2. The highest BCUT2D eigenvalue weighted by molar-refractivity contribution is 7.52. The number of amides is 4. The molecule has 0 saturated carbocycles. The third-order valence-corrected chi connectivity index (χ3v) is 13.4. The van der Waals surface area contributed by atoms with Crippen molar-refractivity contribution in [3.63, 3.8) is 0 Å². The second-order valence-corrected chi connectivity index (χ2v) is 19.0. The summed E-state index contributed by atoms with van der Waals surface area (Å²) in [6, 6.07) is 7.12. The van der Waals surface area contributed by atoms with E-state index in [0.717, 1.165) is 0 Å². The van der Waals surface area contributed by atoms with E-state index in [2.05, 4.69) is 10.2 Å². The molecule has 0 radical (unpaired) electrons. The van der Waals surface area contributed by atoms with Crippen molar-refractivity contribution < 1.29 is 43.0 Å². The minimum absolute atomic E-state index is 0.0270. The van der Waals surface area contributed by atoms with Gasteiger partial charge in [0.25, 0.3) is 0 Å². The van der Waals surface area contributed by atoms with E-state index in [-0.39, 0.29) is 42.4 Å². The summed E-state index contributed by atoms with van der Waals surface area (Å²) in [7, 11) is 3.84. The number of benzene rings is 1. The van der Waals surface area contributed by atoms with Gasteiger partial charge in [-0.15, -0.1) is 0 Å². The van der Waals surface area contributed by atoms with E-state index in [4.69, 9.17) is 20.2 Å². The lowest BCUT2D eigenvalue weighted by Gasteiger charge is -2.41. The van der Waals surface area contributed by atoms with Gasteiger partial charge < -0.3 is 54.8 Å². The highest BCUT2D eigenvalue weighted by atomic mass is 31.2. The quantitative estimate of drug-likeness (QED) is 0.0798. The van der Waals surface area contributed by atoms with Gasteiger partial charge in [-0.2, -0.15) is 0 Å². The predicted molar refractivity (Wildman–Crippen MR) is 236 cm³/mol. The molecule has 0 aromatic heterocycles. The smallest absolute Gasteiger partial charge is 0.347 e. The molecule has 1 aromatic rings. The lowest BCUT2D eigenvalue weighted by Crippen LogP contribution is -2.56. The SMILES string of the molecule is CC[C@H](C)[C@@H]([C@@H](CC(=O)N1CCC[C@H]1[C@H](OC)[C@@H](C)C(=O)N[C@@H](Cc1ccccc1)P(=O)(O)O)OC)N(C)C(=O)[C@@H](/N=C(/N(C)C)N1CCN(C(=O)CCCN)CC1)C(C)C. The summed E-state index contributed by atoms with van der Waals surface area (Å²) in [5, 5.41) is 2.58. The zero-order chi connectivity index (χ0) is 45.6. The van der Waals surface area contributed by atoms with Gasteiger partial charge in [-0.05, 0) is 43.2 Å². The average molecular weight is 879 g/mol. The van der Waals surface area contributed by atoms with Gasteiger partial charge in [-0.1, -0.05) is 71.4 Å². The van der Waals surface area contributed by atoms with Gasteiger partial charge in [-0.25, -0.2) is 4.99 Å². The second kappa shape index (κ2) is 24.3. The van der Waals surface area contributed by atoms with E-state index in [9.17, 15) is 33.5 Å². The number of carbonyl (C=O) groups excluding carboxylic acids is 4. The van der Waals surface area contributed by atoms with Gasteiger partial charge in [0.15, 0.2) is 5.96 Å². The minimum atomic E-state index is -4.73. The van der Waals surface area contributed by atoms with Crippen molar-refractivity contribution in [1.29, 1.82) is 0 Å². The summed E-state index contributed by atoms with van der Waals surface area (Å²) in [4.78, 5) is 89.9. The van der Waals surface area contributed by atoms with Crippen LogP contribution >= 0.6 is 7.60 Å². The Kier molecular flexibility index (Phi) is 20.6. The number of ether oxygens (including phenoxy) is 2. The summed E-state index contributed by atoms with van der Waals surface area (Å²) in [5.41, 5.74) is 6.28. The van der Waals surface area contributed by atoms with Crippen LogP contribution in [0.2, 0.25) is 0 Å². The maximum atomic E-state index is 14.6. The first-order valence-electron chi connectivity index (χ1n) is 21.8. The molecule has 2 aliphatic rings. The van der Waals surface area contributed by atoms with Crippen LogP contribution in [0.5, 0.6) is 0 Å². The lowest BCUT2D eigenvalue weighted by atomic mass is 9.89. The first kappa shape index (κ1) is 51.7. The molecule has 0 spiro atoms. The number of nitrogens with two attached hydrogens (primary N) is 1. The third kappa shape index (κ3) is 14.2. The summed E-state index contributed by atoms with van der Waals surface area (Å²) >= 11 is 0. The molecule has 2 heterocycles. The molecule has 18 heteroatoms. The highest BCUT2D eigenvalue weighted by Gasteiger charge is 2.44. The molecule has 346 valence electrons. The number of guanidine groups is 1. The number of likely N-dealkylation sites (tertiary alicyclic amines) is 1. The number of methoxy groups -OCH3 is 2. The van der Waals surface area contributed by atoms with E-state index in [1.54, 1.807) is 61.2 Å².